The van der Waals surface area contributed by atoms with Crippen LogP contribution in [-0.2, 0) is 4.74 Å². The van der Waals surface area contributed by atoms with E-state index in [1.807, 2.05) is 0 Å². The minimum Gasteiger partial charge on any atom is -0.324 e. The standard InChI is InChI=1S/C4H5F5O/c1-10-4(8,9)2-3(5,6)7/h2H2,1H3. The number of alkyl halides is 5. The number of methoxy groups -OCH3 is 1. The summed E-state index contributed by atoms with van der Waals surface area (Å²) in [4.78, 5) is 0. The Kier molecular flexibility index (Phi) is 2.59. The minimum atomic E-state index is -4.89. The molecule has 0 rings (SSSR count). The maximum Gasteiger partial charge on any atom is 0.397 e. The summed E-state index contributed by atoms with van der Waals surface area (Å²) in [7, 11) is 0.520. The van der Waals surface area contributed by atoms with Crippen LogP contribution < -0.4 is 0 Å². The fourth-order valence-corrected chi connectivity index (χ4v) is 0.306. The van der Waals surface area contributed by atoms with E-state index in [4.69, 9.17) is 0 Å². The van der Waals surface area contributed by atoms with Crippen molar-refractivity contribution in [3.63, 3.8) is 0 Å². The van der Waals surface area contributed by atoms with Crippen LogP contribution in [0.1, 0.15) is 6.42 Å². The Balaban J connectivity index is 3.89. The zero-order valence-corrected chi connectivity index (χ0v) is 5.01. The molecule has 0 aliphatic heterocycles. The second-order valence-electron chi connectivity index (χ2n) is 1.63. The molecule has 0 fully saturated rings. The van der Waals surface area contributed by atoms with Gasteiger partial charge in [0, 0.05) is 7.11 Å². The van der Waals surface area contributed by atoms with Crippen molar-refractivity contribution in [2.45, 2.75) is 18.7 Å². The largest absolute Gasteiger partial charge is 0.397 e. The van der Waals surface area contributed by atoms with E-state index in [9.17, 15) is 22.0 Å². The highest BCUT2D eigenvalue weighted by atomic mass is 19.4. The van der Waals surface area contributed by atoms with Crippen molar-refractivity contribution >= 4 is 0 Å². The molecule has 0 bridgehead atoms. The van der Waals surface area contributed by atoms with E-state index in [2.05, 4.69) is 4.74 Å². The molecule has 0 saturated heterocycles. The molecule has 6 heteroatoms. The lowest BCUT2D eigenvalue weighted by atomic mass is 10.4. The third kappa shape index (κ3) is 4.49. The molecule has 10 heavy (non-hydrogen) atoms. The number of ether oxygens (including phenoxy) is 1. The monoisotopic (exact) mass is 164 g/mol. The molecule has 0 N–H and O–H groups in total. The quantitative estimate of drug-likeness (QED) is 0.568. The van der Waals surface area contributed by atoms with Gasteiger partial charge in [-0.2, -0.15) is 22.0 Å². The topological polar surface area (TPSA) is 9.23 Å². The zero-order chi connectivity index (χ0) is 8.41. The first kappa shape index (κ1) is 9.61. The highest BCUT2D eigenvalue weighted by Gasteiger charge is 2.43. The molecule has 0 atom stereocenters. The van der Waals surface area contributed by atoms with Crippen molar-refractivity contribution in [2.75, 3.05) is 7.11 Å². The lowest BCUT2D eigenvalue weighted by Crippen LogP contribution is -2.27. The van der Waals surface area contributed by atoms with Crippen LogP contribution in [-0.4, -0.2) is 19.4 Å². The fraction of sp³-hybridized carbons (Fsp3) is 1.00. The van der Waals surface area contributed by atoms with E-state index in [1.165, 1.54) is 0 Å². The maximum atomic E-state index is 11.7. The minimum absolute atomic E-state index is 0.520. The first-order chi connectivity index (χ1) is 4.27. The number of hydrogen-bond donors (Lipinski definition) is 0. The van der Waals surface area contributed by atoms with Crippen LogP contribution >= 0.6 is 0 Å². The molecule has 0 amide bonds. The summed E-state index contributed by atoms with van der Waals surface area (Å²) in [5.74, 6) is 0. The van der Waals surface area contributed by atoms with Gasteiger partial charge in [0.15, 0.2) is 0 Å². The molecule has 0 aromatic heterocycles. The van der Waals surface area contributed by atoms with E-state index >= 15 is 0 Å². The van der Waals surface area contributed by atoms with Crippen LogP contribution in [0.4, 0.5) is 22.0 Å². The molecule has 62 valence electrons. The highest BCUT2D eigenvalue weighted by Crippen LogP contribution is 2.31. The molecule has 0 spiro atoms. The molecule has 0 saturated carbocycles. The predicted molar refractivity (Wildman–Crippen MR) is 22.6 cm³/mol. The molecule has 0 aromatic carbocycles. The number of hydrogen-bond acceptors (Lipinski definition) is 1. The Labute approximate surface area is 53.8 Å². The Morgan fingerprint density at radius 1 is 1.10 bits per heavy atom. The molecule has 0 aliphatic carbocycles. The van der Waals surface area contributed by atoms with Crippen LogP contribution in [0.2, 0.25) is 0 Å². The lowest BCUT2D eigenvalue weighted by molar-refractivity contribution is -0.281. The zero-order valence-electron chi connectivity index (χ0n) is 5.01. The lowest BCUT2D eigenvalue weighted by Gasteiger charge is -2.15. The normalized spacial score (nSPS) is 13.8. The summed E-state index contributed by atoms with van der Waals surface area (Å²) in [6.45, 7) is 0. The van der Waals surface area contributed by atoms with E-state index in [-0.39, 0.29) is 0 Å². The van der Waals surface area contributed by atoms with E-state index in [0.717, 1.165) is 0 Å². The van der Waals surface area contributed by atoms with Crippen molar-refractivity contribution in [1.29, 1.82) is 0 Å². The van der Waals surface area contributed by atoms with Crippen molar-refractivity contribution in [1.82, 2.24) is 0 Å². The van der Waals surface area contributed by atoms with Crippen LogP contribution in [0.5, 0.6) is 0 Å². The van der Waals surface area contributed by atoms with Crippen LogP contribution in [0.25, 0.3) is 0 Å². The van der Waals surface area contributed by atoms with Gasteiger partial charge in [-0.25, -0.2) is 0 Å². The summed E-state index contributed by atoms with van der Waals surface area (Å²) in [6.07, 6.45) is -11.2. The van der Waals surface area contributed by atoms with Crippen molar-refractivity contribution in [2.24, 2.45) is 0 Å². The third-order valence-corrected chi connectivity index (χ3v) is 0.705. The summed E-state index contributed by atoms with van der Waals surface area (Å²) in [5, 5.41) is 0. The Bertz CT molecular complexity index is 107. The van der Waals surface area contributed by atoms with E-state index in [1.54, 1.807) is 0 Å². The van der Waals surface area contributed by atoms with Gasteiger partial charge < -0.3 is 4.74 Å². The van der Waals surface area contributed by atoms with Gasteiger partial charge in [-0.3, -0.25) is 0 Å². The maximum absolute atomic E-state index is 11.7. The molecule has 1 nitrogen and oxygen atoms in total. The van der Waals surface area contributed by atoms with Crippen molar-refractivity contribution in [3.8, 4) is 0 Å². The molecule has 0 unspecified atom stereocenters. The molecule has 0 radical (unpaired) electrons. The van der Waals surface area contributed by atoms with Gasteiger partial charge in [-0.15, -0.1) is 0 Å². The van der Waals surface area contributed by atoms with Gasteiger partial charge in [0.05, 0.1) is 0 Å². The van der Waals surface area contributed by atoms with Crippen molar-refractivity contribution in [3.05, 3.63) is 0 Å². The van der Waals surface area contributed by atoms with Gasteiger partial charge >= 0.3 is 12.3 Å². The van der Waals surface area contributed by atoms with Crippen molar-refractivity contribution < 1.29 is 26.7 Å². The van der Waals surface area contributed by atoms with E-state index < -0.39 is 18.7 Å². The van der Waals surface area contributed by atoms with Gasteiger partial charge in [-0.05, 0) is 0 Å². The summed E-state index contributed by atoms with van der Waals surface area (Å²) in [5.41, 5.74) is 0. The number of halogens is 5. The van der Waals surface area contributed by atoms with Crippen LogP contribution in [0.3, 0.4) is 0 Å². The first-order valence-corrected chi connectivity index (χ1v) is 2.26. The fourth-order valence-electron chi connectivity index (χ4n) is 0.306. The molecule has 0 heterocycles. The Morgan fingerprint density at radius 2 is 1.50 bits per heavy atom. The summed E-state index contributed by atoms with van der Waals surface area (Å²) >= 11 is 0. The Morgan fingerprint density at radius 3 is 1.60 bits per heavy atom. The second kappa shape index (κ2) is 2.69. The number of rotatable bonds is 2. The molecular formula is C4H5F5O. The SMILES string of the molecule is COC(F)(F)CC(F)(F)F. The first-order valence-electron chi connectivity index (χ1n) is 2.26. The van der Waals surface area contributed by atoms with E-state index in [0.29, 0.717) is 7.11 Å². The average molecular weight is 164 g/mol. The van der Waals surface area contributed by atoms with Gasteiger partial charge in [0.25, 0.3) is 0 Å². The molecule has 0 aliphatic rings. The third-order valence-electron chi connectivity index (χ3n) is 0.705. The Hall–Kier alpha value is -0.390. The second-order valence-corrected chi connectivity index (χ2v) is 1.63. The highest BCUT2D eigenvalue weighted by molar-refractivity contribution is 4.59. The van der Waals surface area contributed by atoms with Crippen LogP contribution in [0.15, 0.2) is 0 Å². The van der Waals surface area contributed by atoms with Gasteiger partial charge in [-0.1, -0.05) is 0 Å². The van der Waals surface area contributed by atoms with Gasteiger partial charge in [0.2, 0.25) is 0 Å². The van der Waals surface area contributed by atoms with Gasteiger partial charge in [0.1, 0.15) is 6.42 Å². The molecule has 0 aromatic rings. The molecular weight excluding hydrogens is 159 g/mol. The summed E-state index contributed by atoms with van der Waals surface area (Å²) < 4.78 is 60.2. The average Bonchev–Trinajstić information content (AvgIpc) is 1.60. The smallest absolute Gasteiger partial charge is 0.324 e. The predicted octanol–water partition coefficient (Wildman–Crippen LogP) is 2.18. The summed E-state index contributed by atoms with van der Waals surface area (Å²) in [6, 6.07) is 0. The van der Waals surface area contributed by atoms with Crippen LogP contribution in [0, 0.1) is 0 Å².